The zero-order chi connectivity index (χ0) is 18.4. The maximum Gasteiger partial charge on any atom is 0.309 e. The van der Waals surface area contributed by atoms with Crippen molar-refractivity contribution in [3.8, 4) is 0 Å². The van der Waals surface area contributed by atoms with Crippen molar-refractivity contribution in [2.45, 2.75) is 37.8 Å². The molecule has 0 spiro atoms. The van der Waals surface area contributed by atoms with E-state index in [2.05, 4.69) is 29.8 Å². The van der Waals surface area contributed by atoms with Gasteiger partial charge in [-0.1, -0.05) is 24.3 Å². The summed E-state index contributed by atoms with van der Waals surface area (Å²) in [7, 11) is 0. The molecule has 1 aromatic carbocycles. The average molecular weight is 363 g/mol. The van der Waals surface area contributed by atoms with E-state index in [4.69, 9.17) is 4.74 Å². The lowest BCUT2D eigenvalue weighted by Gasteiger charge is -2.48. The molecule has 0 radical (unpaired) electrons. The Morgan fingerprint density at radius 2 is 2.11 bits per heavy atom. The zero-order valence-corrected chi connectivity index (χ0v) is 15.6. The van der Waals surface area contributed by atoms with Gasteiger partial charge >= 0.3 is 5.97 Å². The first-order chi connectivity index (χ1) is 13.2. The Kier molecular flexibility index (Phi) is 4.24. The van der Waals surface area contributed by atoms with Crippen LogP contribution in [-0.4, -0.2) is 30.1 Å². The van der Waals surface area contributed by atoms with Gasteiger partial charge in [-0.05, 0) is 30.9 Å². The zero-order valence-electron chi connectivity index (χ0n) is 15.6. The quantitative estimate of drug-likeness (QED) is 0.656. The summed E-state index contributed by atoms with van der Waals surface area (Å²) in [4.78, 5) is 18.7. The van der Waals surface area contributed by atoms with Crippen LogP contribution in [0, 0.1) is 17.8 Å². The summed E-state index contributed by atoms with van der Waals surface area (Å²) in [6.07, 6.45) is 8.11. The fourth-order valence-corrected chi connectivity index (χ4v) is 5.16. The third-order valence-electron chi connectivity index (χ3n) is 6.83. The predicted molar refractivity (Wildman–Crippen MR) is 104 cm³/mol. The molecule has 4 fully saturated rings. The summed E-state index contributed by atoms with van der Waals surface area (Å²) in [6, 6.07) is 10.6. The monoisotopic (exact) mass is 363 g/mol. The molecule has 27 heavy (non-hydrogen) atoms. The summed E-state index contributed by atoms with van der Waals surface area (Å²) in [6.45, 7) is 6.32. The molecule has 4 nitrogen and oxygen atoms in total. The van der Waals surface area contributed by atoms with Crippen molar-refractivity contribution in [3.05, 3.63) is 54.7 Å². The number of carbonyl (C=O) groups is 1. The average Bonchev–Trinajstić information content (AvgIpc) is 3.57. The SMILES string of the molecule is C=C[C@H]1C[NH+]2CC[C@H]1C[C@@H]2[C@@H](OC(=O)C1CC1)c1ccnc2ccccc12. The van der Waals surface area contributed by atoms with Gasteiger partial charge in [-0.25, -0.2) is 0 Å². The van der Waals surface area contributed by atoms with E-state index < -0.39 is 0 Å². The lowest BCUT2D eigenvalue weighted by atomic mass is 9.73. The molecule has 1 unspecified atom stereocenters. The van der Waals surface area contributed by atoms with E-state index >= 15 is 0 Å². The van der Waals surface area contributed by atoms with Gasteiger partial charge in [0.05, 0.1) is 24.5 Å². The molecule has 1 N–H and O–H groups in total. The summed E-state index contributed by atoms with van der Waals surface area (Å²) in [5.74, 6) is 1.37. The molecule has 4 heteroatoms. The minimum Gasteiger partial charge on any atom is -0.451 e. The van der Waals surface area contributed by atoms with E-state index in [1.54, 1.807) is 4.90 Å². The van der Waals surface area contributed by atoms with Crippen LogP contribution < -0.4 is 4.90 Å². The fourth-order valence-electron chi connectivity index (χ4n) is 5.16. The van der Waals surface area contributed by atoms with Gasteiger partial charge in [-0.15, -0.1) is 6.58 Å². The number of quaternary nitrogens is 1. The first-order valence-corrected chi connectivity index (χ1v) is 10.3. The van der Waals surface area contributed by atoms with Crippen LogP contribution in [0.1, 0.15) is 37.4 Å². The number of carbonyl (C=O) groups excluding carboxylic acids is 1. The number of fused-ring (bicyclic) bond motifs is 4. The van der Waals surface area contributed by atoms with E-state index in [9.17, 15) is 4.79 Å². The molecule has 2 bridgehead atoms. The number of hydrogen-bond acceptors (Lipinski definition) is 3. The Hall–Kier alpha value is -2.20. The lowest BCUT2D eigenvalue weighted by molar-refractivity contribution is -0.949. The standard InChI is InChI=1S/C23H26N2O2/c1-2-15-14-25-12-10-17(15)13-21(25)22(27-23(26)16-7-8-16)19-9-11-24-20-6-4-3-5-18(19)20/h2-6,9,11,15-17,21-22H,1,7-8,10,12-14H2/p+1/t15-,17-,21+,22-/m0/s1. The topological polar surface area (TPSA) is 43.6 Å². The molecule has 1 aromatic heterocycles. The first kappa shape index (κ1) is 16.9. The number of rotatable bonds is 5. The molecule has 0 amide bonds. The van der Waals surface area contributed by atoms with E-state index in [0.29, 0.717) is 17.9 Å². The Balaban J connectivity index is 1.53. The highest BCUT2D eigenvalue weighted by Gasteiger charge is 2.48. The maximum absolute atomic E-state index is 12.6. The normalized spacial score (nSPS) is 30.8. The van der Waals surface area contributed by atoms with Crippen LogP contribution in [0.3, 0.4) is 0 Å². The van der Waals surface area contributed by atoms with Gasteiger partial charge < -0.3 is 9.64 Å². The van der Waals surface area contributed by atoms with Crippen molar-refractivity contribution in [1.29, 1.82) is 0 Å². The molecule has 1 aliphatic carbocycles. The van der Waals surface area contributed by atoms with Crippen LogP contribution in [0.2, 0.25) is 0 Å². The van der Waals surface area contributed by atoms with Gasteiger partial charge in [-0.3, -0.25) is 9.78 Å². The van der Waals surface area contributed by atoms with Crippen molar-refractivity contribution < 1.29 is 14.4 Å². The van der Waals surface area contributed by atoms with Crippen LogP contribution in [0.4, 0.5) is 0 Å². The molecule has 4 aliphatic rings. The number of pyridine rings is 1. The molecule has 6 rings (SSSR count). The Morgan fingerprint density at radius 3 is 2.85 bits per heavy atom. The number of hydrogen-bond donors (Lipinski definition) is 1. The molecule has 140 valence electrons. The second-order valence-corrected chi connectivity index (χ2v) is 8.45. The Bertz CT molecular complexity index is 870. The lowest BCUT2D eigenvalue weighted by Crippen LogP contribution is -3.20. The highest BCUT2D eigenvalue weighted by molar-refractivity contribution is 5.83. The van der Waals surface area contributed by atoms with E-state index in [1.807, 2.05) is 24.4 Å². The predicted octanol–water partition coefficient (Wildman–Crippen LogP) is 2.71. The van der Waals surface area contributed by atoms with E-state index in [0.717, 1.165) is 42.3 Å². The minimum atomic E-state index is -0.186. The van der Waals surface area contributed by atoms with Crippen LogP contribution >= 0.6 is 0 Å². The molecular weight excluding hydrogens is 336 g/mol. The number of ether oxygens (including phenoxy) is 1. The Labute approximate surface area is 160 Å². The van der Waals surface area contributed by atoms with E-state index in [-0.39, 0.29) is 18.0 Å². The largest absolute Gasteiger partial charge is 0.451 e. The molecular formula is C23H27N2O2+. The van der Waals surface area contributed by atoms with Crippen LogP contribution in [0.5, 0.6) is 0 Å². The summed E-state index contributed by atoms with van der Waals surface area (Å²) >= 11 is 0. The third kappa shape index (κ3) is 3.06. The van der Waals surface area contributed by atoms with Crippen LogP contribution in [-0.2, 0) is 9.53 Å². The Morgan fingerprint density at radius 1 is 1.26 bits per heavy atom. The van der Waals surface area contributed by atoms with E-state index in [1.165, 1.54) is 13.0 Å². The van der Waals surface area contributed by atoms with Gasteiger partial charge in [0.25, 0.3) is 0 Å². The number of nitrogens with one attached hydrogen (secondary N) is 1. The van der Waals surface area contributed by atoms with Gasteiger partial charge in [0.2, 0.25) is 0 Å². The molecule has 5 atom stereocenters. The number of nitrogens with zero attached hydrogens (tertiary/aromatic N) is 1. The van der Waals surface area contributed by atoms with Gasteiger partial charge in [-0.2, -0.15) is 0 Å². The number of para-hydroxylation sites is 1. The van der Waals surface area contributed by atoms with Gasteiger partial charge in [0.1, 0.15) is 6.04 Å². The molecule has 1 saturated carbocycles. The summed E-state index contributed by atoms with van der Waals surface area (Å²) < 4.78 is 6.22. The summed E-state index contributed by atoms with van der Waals surface area (Å²) in [5, 5.41) is 1.11. The van der Waals surface area contributed by atoms with Crippen molar-refractivity contribution in [1.82, 2.24) is 4.98 Å². The second kappa shape index (κ2) is 6.75. The maximum atomic E-state index is 12.6. The highest BCUT2D eigenvalue weighted by Crippen LogP contribution is 2.38. The van der Waals surface area contributed by atoms with Crippen molar-refractivity contribution in [2.75, 3.05) is 13.1 Å². The number of aromatic nitrogens is 1. The van der Waals surface area contributed by atoms with Crippen LogP contribution in [0.25, 0.3) is 10.9 Å². The number of piperidine rings is 3. The molecule has 4 heterocycles. The smallest absolute Gasteiger partial charge is 0.309 e. The van der Waals surface area contributed by atoms with Gasteiger partial charge in [0, 0.05) is 35.9 Å². The fraction of sp³-hybridized carbons (Fsp3) is 0.478. The highest BCUT2D eigenvalue weighted by atomic mass is 16.5. The van der Waals surface area contributed by atoms with Crippen molar-refractivity contribution in [2.24, 2.45) is 17.8 Å². The number of benzene rings is 1. The molecule has 2 aromatic rings. The minimum absolute atomic E-state index is 0.0109. The van der Waals surface area contributed by atoms with Crippen LogP contribution in [0.15, 0.2) is 49.2 Å². The summed E-state index contributed by atoms with van der Waals surface area (Å²) in [5.41, 5.74) is 2.09. The van der Waals surface area contributed by atoms with Gasteiger partial charge in [0.15, 0.2) is 6.10 Å². The first-order valence-electron chi connectivity index (χ1n) is 10.3. The molecule has 3 aliphatic heterocycles. The third-order valence-corrected chi connectivity index (χ3v) is 6.83. The number of esters is 1. The van der Waals surface area contributed by atoms with Crippen molar-refractivity contribution >= 4 is 16.9 Å². The molecule has 3 saturated heterocycles. The van der Waals surface area contributed by atoms with Crippen molar-refractivity contribution in [3.63, 3.8) is 0 Å². The second-order valence-electron chi connectivity index (χ2n) is 8.45.